The first-order valence-electron chi connectivity index (χ1n) is 6.43. The quantitative estimate of drug-likeness (QED) is 0.355. The van der Waals surface area contributed by atoms with Crippen LogP contribution in [0, 0.1) is 0 Å². The van der Waals surface area contributed by atoms with Crippen molar-refractivity contribution >= 4 is 17.9 Å². The van der Waals surface area contributed by atoms with Gasteiger partial charge in [0, 0.05) is 18.7 Å². The van der Waals surface area contributed by atoms with Crippen LogP contribution >= 0.6 is 0 Å². The lowest BCUT2D eigenvalue weighted by atomic mass is 10.2. The van der Waals surface area contributed by atoms with E-state index in [0.29, 0.717) is 5.57 Å². The third-order valence-corrected chi connectivity index (χ3v) is 1.88. The maximum atomic E-state index is 11.3. The molecule has 0 aromatic rings. The zero-order valence-electron chi connectivity index (χ0n) is 12.9. The van der Waals surface area contributed by atoms with E-state index in [1.165, 1.54) is 0 Å². The van der Waals surface area contributed by atoms with Gasteiger partial charge in [0.15, 0.2) is 6.61 Å². The summed E-state index contributed by atoms with van der Waals surface area (Å²) in [5.74, 6) is -0.706. The minimum absolute atomic E-state index is 0.244. The minimum atomic E-state index is -0.774. The van der Waals surface area contributed by atoms with Crippen LogP contribution in [0.1, 0.15) is 27.7 Å². The van der Waals surface area contributed by atoms with E-state index < -0.39 is 17.6 Å². The van der Waals surface area contributed by atoms with E-state index in [1.54, 1.807) is 27.7 Å². The molecule has 8 nitrogen and oxygen atoms in total. The van der Waals surface area contributed by atoms with E-state index in [2.05, 4.69) is 22.1 Å². The number of rotatable bonds is 7. The van der Waals surface area contributed by atoms with Crippen molar-refractivity contribution in [3.8, 4) is 0 Å². The van der Waals surface area contributed by atoms with Crippen molar-refractivity contribution < 1.29 is 24.0 Å². The van der Waals surface area contributed by atoms with Crippen LogP contribution in [0.4, 0.5) is 4.79 Å². The lowest BCUT2D eigenvalue weighted by Gasteiger charge is -2.19. The van der Waals surface area contributed by atoms with Gasteiger partial charge in [0.1, 0.15) is 5.60 Å². The lowest BCUT2D eigenvalue weighted by molar-refractivity contribution is -0.128. The third-order valence-electron chi connectivity index (χ3n) is 1.88. The van der Waals surface area contributed by atoms with Gasteiger partial charge in [-0.2, -0.15) is 5.48 Å². The summed E-state index contributed by atoms with van der Waals surface area (Å²) in [6.45, 7) is 10.4. The summed E-state index contributed by atoms with van der Waals surface area (Å²) >= 11 is 0. The molecule has 0 saturated heterocycles. The second kappa shape index (κ2) is 8.96. The van der Waals surface area contributed by atoms with Crippen LogP contribution < -0.4 is 16.1 Å². The van der Waals surface area contributed by atoms with Crippen molar-refractivity contribution in [2.24, 2.45) is 0 Å². The Hall–Kier alpha value is -2.09. The first-order chi connectivity index (χ1) is 9.61. The number of carbonyl (C=O) groups excluding carboxylic acids is 3. The van der Waals surface area contributed by atoms with E-state index in [-0.39, 0.29) is 25.6 Å². The maximum Gasteiger partial charge on any atom is 0.431 e. The van der Waals surface area contributed by atoms with Crippen molar-refractivity contribution in [3.05, 3.63) is 12.2 Å². The average molecular weight is 301 g/mol. The zero-order valence-corrected chi connectivity index (χ0v) is 12.9. The molecular weight excluding hydrogens is 278 g/mol. The number of carbonyl (C=O) groups is 3. The molecule has 3 N–H and O–H groups in total. The molecular formula is C13H23N3O5. The molecule has 8 heteroatoms. The number of hydroxylamine groups is 1. The van der Waals surface area contributed by atoms with Gasteiger partial charge in [-0.25, -0.2) is 4.79 Å². The molecule has 0 fully saturated rings. The molecule has 0 aliphatic carbocycles. The van der Waals surface area contributed by atoms with E-state index in [9.17, 15) is 14.4 Å². The molecule has 0 atom stereocenters. The Morgan fingerprint density at radius 1 is 1.10 bits per heavy atom. The van der Waals surface area contributed by atoms with Crippen molar-refractivity contribution in [1.29, 1.82) is 0 Å². The van der Waals surface area contributed by atoms with Crippen LogP contribution in [-0.4, -0.2) is 43.2 Å². The molecule has 3 amide bonds. The van der Waals surface area contributed by atoms with Gasteiger partial charge in [-0.05, 0) is 27.7 Å². The molecule has 0 radical (unpaired) electrons. The molecule has 0 aliphatic rings. The Morgan fingerprint density at radius 2 is 1.67 bits per heavy atom. The highest BCUT2D eigenvalue weighted by molar-refractivity contribution is 5.92. The predicted molar refractivity (Wildman–Crippen MR) is 76.2 cm³/mol. The standard InChI is InChI=1S/C13H23N3O5/c1-9(2)11(18)15-7-6-14-10(17)8-20-16-12(19)21-13(3,4)5/h1,6-8H2,2-5H3,(H,14,17)(H,15,18)(H,16,19). The summed E-state index contributed by atoms with van der Waals surface area (Å²) < 4.78 is 4.90. The third kappa shape index (κ3) is 11.4. The molecule has 0 spiro atoms. The van der Waals surface area contributed by atoms with Gasteiger partial charge in [-0.1, -0.05) is 6.58 Å². The monoisotopic (exact) mass is 301 g/mol. The Balaban J connectivity index is 3.66. The fraction of sp³-hybridized carbons (Fsp3) is 0.615. The van der Waals surface area contributed by atoms with Crippen molar-refractivity contribution in [2.75, 3.05) is 19.7 Å². The van der Waals surface area contributed by atoms with Crippen molar-refractivity contribution in [3.63, 3.8) is 0 Å². The first kappa shape index (κ1) is 18.9. The first-order valence-corrected chi connectivity index (χ1v) is 6.43. The average Bonchev–Trinajstić information content (AvgIpc) is 2.31. The van der Waals surface area contributed by atoms with Crippen LogP contribution in [0.5, 0.6) is 0 Å². The summed E-state index contributed by atoms with van der Waals surface area (Å²) in [4.78, 5) is 38.3. The second-order valence-electron chi connectivity index (χ2n) is 5.28. The normalized spacial score (nSPS) is 10.5. The number of amides is 3. The molecule has 21 heavy (non-hydrogen) atoms. The van der Waals surface area contributed by atoms with Crippen molar-refractivity contribution in [1.82, 2.24) is 16.1 Å². The summed E-state index contributed by atoms with van der Waals surface area (Å²) in [5.41, 5.74) is 1.74. The van der Waals surface area contributed by atoms with E-state index >= 15 is 0 Å². The molecule has 0 bridgehead atoms. The molecule has 0 aliphatic heterocycles. The molecule has 0 rings (SSSR count). The Labute approximate surface area is 124 Å². The van der Waals surface area contributed by atoms with Gasteiger partial charge in [-0.3, -0.25) is 14.4 Å². The summed E-state index contributed by atoms with van der Waals surface area (Å²) in [6.07, 6.45) is -0.774. The fourth-order valence-corrected chi connectivity index (χ4v) is 1.04. The zero-order chi connectivity index (χ0) is 16.5. The number of hydrogen-bond donors (Lipinski definition) is 3. The summed E-state index contributed by atoms with van der Waals surface area (Å²) in [7, 11) is 0. The minimum Gasteiger partial charge on any atom is -0.442 e. The van der Waals surface area contributed by atoms with Crippen molar-refractivity contribution in [2.45, 2.75) is 33.3 Å². The van der Waals surface area contributed by atoms with Gasteiger partial charge in [0.25, 0.3) is 0 Å². The van der Waals surface area contributed by atoms with Gasteiger partial charge < -0.3 is 15.4 Å². The number of ether oxygens (including phenoxy) is 1. The SMILES string of the molecule is C=C(C)C(=O)NCCNC(=O)CONC(=O)OC(C)(C)C. The van der Waals surface area contributed by atoms with Crippen LogP contribution in [0.25, 0.3) is 0 Å². The van der Waals surface area contributed by atoms with Gasteiger partial charge in [0.2, 0.25) is 11.8 Å². The van der Waals surface area contributed by atoms with Crippen LogP contribution in [0.3, 0.4) is 0 Å². The number of nitrogens with one attached hydrogen (secondary N) is 3. The molecule has 0 unspecified atom stereocenters. The topological polar surface area (TPSA) is 106 Å². The van der Waals surface area contributed by atoms with Crippen LogP contribution in [0.2, 0.25) is 0 Å². The van der Waals surface area contributed by atoms with E-state index in [0.717, 1.165) is 0 Å². The van der Waals surface area contributed by atoms with E-state index in [1.807, 2.05) is 5.48 Å². The Kier molecular flexibility index (Phi) is 8.07. The van der Waals surface area contributed by atoms with Gasteiger partial charge >= 0.3 is 6.09 Å². The fourth-order valence-electron chi connectivity index (χ4n) is 1.04. The molecule has 0 aromatic carbocycles. The molecule has 0 saturated carbocycles. The summed E-state index contributed by atoms with van der Waals surface area (Å²) in [6, 6.07) is 0. The molecule has 120 valence electrons. The van der Waals surface area contributed by atoms with Crippen LogP contribution in [0.15, 0.2) is 12.2 Å². The second-order valence-corrected chi connectivity index (χ2v) is 5.28. The summed E-state index contributed by atoms with van der Waals surface area (Å²) in [5, 5.41) is 5.05. The van der Waals surface area contributed by atoms with E-state index in [4.69, 9.17) is 4.74 Å². The number of hydrogen-bond acceptors (Lipinski definition) is 5. The molecule has 0 heterocycles. The highest BCUT2D eigenvalue weighted by Crippen LogP contribution is 2.06. The largest absolute Gasteiger partial charge is 0.442 e. The Bertz CT molecular complexity index is 401. The maximum absolute atomic E-state index is 11.3. The predicted octanol–water partition coefficient (Wildman–Crippen LogP) is 0.251. The van der Waals surface area contributed by atoms with Gasteiger partial charge in [0.05, 0.1) is 0 Å². The smallest absolute Gasteiger partial charge is 0.431 e. The highest BCUT2D eigenvalue weighted by Gasteiger charge is 2.16. The Morgan fingerprint density at radius 3 is 2.19 bits per heavy atom. The highest BCUT2D eigenvalue weighted by atomic mass is 16.7. The van der Waals surface area contributed by atoms with Gasteiger partial charge in [-0.15, -0.1) is 0 Å². The van der Waals surface area contributed by atoms with Crippen LogP contribution in [-0.2, 0) is 19.2 Å². The molecule has 0 aromatic heterocycles. The lowest BCUT2D eigenvalue weighted by Crippen LogP contribution is -2.39.